The van der Waals surface area contributed by atoms with E-state index in [1.54, 1.807) is 22.8 Å². The van der Waals surface area contributed by atoms with Crippen molar-refractivity contribution in [1.82, 2.24) is 24.9 Å². The van der Waals surface area contributed by atoms with E-state index in [1.807, 2.05) is 24.6 Å². The van der Waals surface area contributed by atoms with Crippen molar-refractivity contribution in [2.45, 2.75) is 19.4 Å². The standard InChI is InChI=1S/C21H31N7OS/c1-22-21(27-8-9-28(20(29)16-27)18-12-24-25(2)14-18)23-11-17-5-3-7-26(13-17)15-19-6-4-10-30-19/h4,6,10,12,14,17H,3,5,7-9,11,13,15-16H2,1-2H3,(H,22,23). The third-order valence-corrected chi connectivity index (χ3v) is 6.71. The van der Waals surface area contributed by atoms with Gasteiger partial charge in [0.15, 0.2) is 5.96 Å². The molecule has 4 heterocycles. The van der Waals surface area contributed by atoms with Crippen LogP contribution in [-0.4, -0.2) is 77.8 Å². The first-order valence-corrected chi connectivity index (χ1v) is 11.5. The maximum atomic E-state index is 12.7. The summed E-state index contributed by atoms with van der Waals surface area (Å²) in [4.78, 5) is 25.0. The number of amides is 1. The second-order valence-corrected chi connectivity index (χ2v) is 9.12. The molecule has 2 aromatic heterocycles. The predicted octanol–water partition coefficient (Wildman–Crippen LogP) is 1.62. The lowest BCUT2D eigenvalue weighted by molar-refractivity contribution is -0.120. The Balaban J connectivity index is 1.27. The van der Waals surface area contributed by atoms with Gasteiger partial charge in [-0.3, -0.25) is 19.4 Å². The van der Waals surface area contributed by atoms with Crippen LogP contribution in [0.15, 0.2) is 34.9 Å². The van der Waals surface area contributed by atoms with Crippen LogP contribution < -0.4 is 10.2 Å². The minimum atomic E-state index is 0.0805. The Kier molecular flexibility index (Phi) is 6.69. The molecule has 0 aliphatic carbocycles. The number of hydrogen-bond donors (Lipinski definition) is 1. The van der Waals surface area contributed by atoms with Gasteiger partial charge in [0.25, 0.3) is 0 Å². The Morgan fingerprint density at radius 2 is 2.27 bits per heavy atom. The number of piperazine rings is 1. The number of piperidine rings is 1. The first-order chi connectivity index (χ1) is 14.6. The number of aryl methyl sites for hydroxylation is 1. The zero-order valence-electron chi connectivity index (χ0n) is 17.8. The Morgan fingerprint density at radius 1 is 1.37 bits per heavy atom. The molecule has 2 aliphatic heterocycles. The van der Waals surface area contributed by atoms with E-state index in [0.29, 0.717) is 19.0 Å². The lowest BCUT2D eigenvalue weighted by Gasteiger charge is -2.37. The number of thiophene rings is 1. The monoisotopic (exact) mass is 429 g/mol. The first kappa shape index (κ1) is 20.9. The highest BCUT2D eigenvalue weighted by molar-refractivity contribution is 7.09. The SMILES string of the molecule is CN=C(NCC1CCCN(Cc2cccs2)C1)N1CCN(c2cnn(C)c2)C(=O)C1. The molecule has 162 valence electrons. The third-order valence-electron chi connectivity index (χ3n) is 5.85. The number of likely N-dealkylation sites (tertiary alicyclic amines) is 1. The van der Waals surface area contributed by atoms with Crippen LogP contribution in [0.4, 0.5) is 5.69 Å². The molecule has 2 aliphatic rings. The number of carbonyl (C=O) groups is 1. The minimum Gasteiger partial charge on any atom is -0.356 e. The van der Waals surface area contributed by atoms with Crippen molar-refractivity contribution < 1.29 is 4.79 Å². The van der Waals surface area contributed by atoms with E-state index in [0.717, 1.165) is 37.8 Å². The number of aromatic nitrogens is 2. The highest BCUT2D eigenvalue weighted by Crippen LogP contribution is 2.20. The summed E-state index contributed by atoms with van der Waals surface area (Å²) < 4.78 is 1.72. The number of anilines is 1. The molecule has 8 nitrogen and oxygen atoms in total. The van der Waals surface area contributed by atoms with Gasteiger partial charge in [-0.05, 0) is 36.8 Å². The number of nitrogens with one attached hydrogen (secondary N) is 1. The van der Waals surface area contributed by atoms with Crippen LogP contribution in [0.3, 0.4) is 0 Å². The van der Waals surface area contributed by atoms with Crippen molar-refractivity contribution in [2.75, 3.05) is 51.2 Å². The summed E-state index contributed by atoms with van der Waals surface area (Å²) in [6, 6.07) is 4.35. The first-order valence-electron chi connectivity index (χ1n) is 10.6. The topological polar surface area (TPSA) is 69.0 Å². The molecule has 0 radical (unpaired) electrons. The van der Waals surface area contributed by atoms with Gasteiger partial charge in [-0.15, -0.1) is 11.3 Å². The molecule has 0 saturated carbocycles. The van der Waals surface area contributed by atoms with Crippen LogP contribution in [0.5, 0.6) is 0 Å². The maximum Gasteiger partial charge on any atom is 0.246 e. The van der Waals surface area contributed by atoms with Crippen LogP contribution in [0.25, 0.3) is 0 Å². The molecular formula is C21H31N7OS. The Labute approximate surface area is 182 Å². The highest BCUT2D eigenvalue weighted by atomic mass is 32.1. The molecule has 1 N–H and O–H groups in total. The molecule has 2 aromatic rings. The molecule has 30 heavy (non-hydrogen) atoms. The van der Waals surface area contributed by atoms with Gasteiger partial charge in [0, 0.05) is 57.9 Å². The zero-order valence-corrected chi connectivity index (χ0v) is 18.6. The van der Waals surface area contributed by atoms with Gasteiger partial charge in [-0.1, -0.05) is 6.07 Å². The molecule has 2 fully saturated rings. The van der Waals surface area contributed by atoms with Gasteiger partial charge < -0.3 is 15.1 Å². The molecule has 9 heteroatoms. The van der Waals surface area contributed by atoms with Gasteiger partial charge in [0.2, 0.25) is 5.91 Å². The second-order valence-electron chi connectivity index (χ2n) is 8.09. The van der Waals surface area contributed by atoms with Crippen LogP contribution >= 0.6 is 11.3 Å². The summed E-state index contributed by atoms with van der Waals surface area (Å²) in [6.07, 6.45) is 6.09. The van der Waals surface area contributed by atoms with Crippen LogP contribution in [0.2, 0.25) is 0 Å². The van der Waals surface area contributed by atoms with E-state index in [2.05, 4.69) is 42.7 Å². The number of guanidine groups is 1. The molecule has 1 unspecified atom stereocenters. The lowest BCUT2D eigenvalue weighted by Crippen LogP contribution is -2.56. The quantitative estimate of drug-likeness (QED) is 0.578. The van der Waals surface area contributed by atoms with E-state index >= 15 is 0 Å². The van der Waals surface area contributed by atoms with Crippen molar-refractivity contribution in [2.24, 2.45) is 18.0 Å². The van der Waals surface area contributed by atoms with E-state index in [1.165, 1.54) is 24.3 Å². The minimum absolute atomic E-state index is 0.0805. The molecule has 1 atom stereocenters. The molecule has 0 bridgehead atoms. The Hall–Kier alpha value is -2.39. The van der Waals surface area contributed by atoms with Crippen LogP contribution in [0.1, 0.15) is 17.7 Å². The van der Waals surface area contributed by atoms with Crippen LogP contribution in [0, 0.1) is 5.92 Å². The van der Waals surface area contributed by atoms with E-state index in [9.17, 15) is 4.79 Å². The van der Waals surface area contributed by atoms with Gasteiger partial charge in [-0.25, -0.2) is 0 Å². The highest BCUT2D eigenvalue weighted by Gasteiger charge is 2.28. The fourth-order valence-corrected chi connectivity index (χ4v) is 5.07. The molecule has 1 amide bonds. The van der Waals surface area contributed by atoms with Crippen molar-refractivity contribution >= 4 is 28.9 Å². The Bertz CT molecular complexity index is 863. The van der Waals surface area contributed by atoms with Gasteiger partial charge in [-0.2, -0.15) is 5.10 Å². The van der Waals surface area contributed by atoms with E-state index in [4.69, 9.17) is 0 Å². The summed E-state index contributed by atoms with van der Waals surface area (Å²) in [5.74, 6) is 1.50. The van der Waals surface area contributed by atoms with Crippen LogP contribution in [-0.2, 0) is 18.4 Å². The number of carbonyl (C=O) groups excluding carboxylic acids is 1. The van der Waals surface area contributed by atoms with Crippen molar-refractivity contribution in [3.8, 4) is 0 Å². The summed E-state index contributed by atoms with van der Waals surface area (Å²) in [7, 11) is 3.66. The number of rotatable bonds is 5. The van der Waals surface area contributed by atoms with Gasteiger partial charge in [0.05, 0.1) is 11.9 Å². The van der Waals surface area contributed by atoms with Gasteiger partial charge in [0.1, 0.15) is 6.54 Å². The summed E-state index contributed by atoms with van der Waals surface area (Å²) >= 11 is 1.83. The number of nitrogens with zero attached hydrogens (tertiary/aromatic N) is 6. The number of hydrogen-bond acceptors (Lipinski definition) is 5. The largest absolute Gasteiger partial charge is 0.356 e. The zero-order chi connectivity index (χ0) is 20.9. The van der Waals surface area contributed by atoms with E-state index in [-0.39, 0.29) is 5.91 Å². The molecule has 0 spiro atoms. The normalized spacial score (nSPS) is 21.3. The summed E-state index contributed by atoms with van der Waals surface area (Å²) in [6.45, 7) is 5.96. The van der Waals surface area contributed by atoms with Gasteiger partial charge >= 0.3 is 0 Å². The average molecular weight is 430 g/mol. The number of aliphatic imine (C=N–C) groups is 1. The predicted molar refractivity (Wildman–Crippen MR) is 121 cm³/mol. The second kappa shape index (κ2) is 9.61. The molecule has 4 rings (SSSR count). The van der Waals surface area contributed by atoms with Crippen molar-refractivity contribution in [3.05, 3.63) is 34.8 Å². The Morgan fingerprint density at radius 3 is 2.97 bits per heavy atom. The van der Waals surface area contributed by atoms with Crippen molar-refractivity contribution in [3.63, 3.8) is 0 Å². The lowest BCUT2D eigenvalue weighted by atomic mass is 9.98. The van der Waals surface area contributed by atoms with E-state index < -0.39 is 0 Å². The molecule has 2 saturated heterocycles. The average Bonchev–Trinajstić information content (AvgIpc) is 3.41. The third kappa shape index (κ3) is 5.02. The smallest absolute Gasteiger partial charge is 0.246 e. The fourth-order valence-electron chi connectivity index (χ4n) is 4.33. The summed E-state index contributed by atoms with van der Waals surface area (Å²) in [5.41, 5.74) is 0.859. The maximum absolute atomic E-state index is 12.7. The molecular weight excluding hydrogens is 398 g/mol. The fraction of sp³-hybridized carbons (Fsp3) is 0.571. The molecule has 0 aromatic carbocycles. The summed E-state index contributed by atoms with van der Waals surface area (Å²) in [5, 5.41) is 9.86. The van der Waals surface area contributed by atoms with Crippen molar-refractivity contribution in [1.29, 1.82) is 0 Å².